The first-order valence-electron chi connectivity index (χ1n) is 6.76. The van der Waals surface area contributed by atoms with E-state index in [1.54, 1.807) is 23.1 Å². The van der Waals surface area contributed by atoms with Gasteiger partial charge in [0, 0.05) is 18.2 Å². The maximum absolute atomic E-state index is 11.9. The molecule has 1 saturated heterocycles. The summed E-state index contributed by atoms with van der Waals surface area (Å²) in [4.78, 5) is 23.7. The maximum atomic E-state index is 11.9. The normalized spacial score (nSPS) is 17.0. The first kappa shape index (κ1) is 15.2. The molecular formula is C15H18N2O4. The van der Waals surface area contributed by atoms with Crippen molar-refractivity contribution in [3.05, 3.63) is 46.0 Å². The zero-order valence-electron chi connectivity index (χ0n) is 12.0. The SMILES string of the molecule is CC(C)C1(O)CN(C(=O)C=Cc2cccc([N+](=O)[O-])c2)C1. The summed E-state index contributed by atoms with van der Waals surface area (Å²) in [5.41, 5.74) is -0.213. The van der Waals surface area contributed by atoms with Gasteiger partial charge in [0.2, 0.25) is 5.91 Å². The van der Waals surface area contributed by atoms with Crippen LogP contribution in [0, 0.1) is 16.0 Å². The highest BCUT2D eigenvalue weighted by Gasteiger charge is 2.45. The second-order valence-corrected chi connectivity index (χ2v) is 5.64. The lowest BCUT2D eigenvalue weighted by Crippen LogP contribution is -2.65. The van der Waals surface area contributed by atoms with Gasteiger partial charge < -0.3 is 10.0 Å². The third-order valence-corrected chi connectivity index (χ3v) is 3.82. The number of nitrogens with zero attached hydrogens (tertiary/aromatic N) is 2. The fourth-order valence-corrected chi connectivity index (χ4v) is 2.15. The second-order valence-electron chi connectivity index (χ2n) is 5.64. The monoisotopic (exact) mass is 290 g/mol. The van der Waals surface area contributed by atoms with E-state index in [1.165, 1.54) is 18.2 Å². The van der Waals surface area contributed by atoms with E-state index in [0.717, 1.165) is 0 Å². The summed E-state index contributed by atoms with van der Waals surface area (Å²) < 4.78 is 0. The van der Waals surface area contributed by atoms with Crippen LogP contribution < -0.4 is 0 Å². The number of rotatable bonds is 4. The van der Waals surface area contributed by atoms with Crippen molar-refractivity contribution < 1.29 is 14.8 Å². The van der Waals surface area contributed by atoms with E-state index in [2.05, 4.69) is 0 Å². The van der Waals surface area contributed by atoms with Crippen molar-refractivity contribution in [1.82, 2.24) is 4.90 Å². The predicted molar refractivity (Wildman–Crippen MR) is 78.5 cm³/mol. The minimum absolute atomic E-state index is 0.0114. The molecule has 1 aliphatic rings. The average Bonchev–Trinajstić information content (AvgIpc) is 2.41. The van der Waals surface area contributed by atoms with Crippen LogP contribution >= 0.6 is 0 Å². The summed E-state index contributed by atoms with van der Waals surface area (Å²) in [5, 5.41) is 20.8. The van der Waals surface area contributed by atoms with E-state index in [0.29, 0.717) is 18.7 Å². The summed E-state index contributed by atoms with van der Waals surface area (Å²) >= 11 is 0. The Morgan fingerprint density at radius 1 is 1.48 bits per heavy atom. The van der Waals surface area contributed by atoms with Crippen molar-refractivity contribution in [3.8, 4) is 0 Å². The number of nitro groups is 1. The molecule has 1 aromatic carbocycles. The van der Waals surface area contributed by atoms with Crippen LogP contribution in [0.2, 0.25) is 0 Å². The molecular weight excluding hydrogens is 272 g/mol. The van der Waals surface area contributed by atoms with Crippen molar-refractivity contribution in [2.24, 2.45) is 5.92 Å². The van der Waals surface area contributed by atoms with Gasteiger partial charge in [0.25, 0.3) is 5.69 Å². The number of aliphatic hydroxyl groups is 1. The Morgan fingerprint density at radius 3 is 2.71 bits per heavy atom. The summed E-state index contributed by atoms with van der Waals surface area (Å²) in [5.74, 6) is -0.103. The average molecular weight is 290 g/mol. The van der Waals surface area contributed by atoms with Gasteiger partial charge in [-0.2, -0.15) is 0 Å². The lowest BCUT2D eigenvalue weighted by atomic mass is 9.83. The second kappa shape index (κ2) is 5.65. The summed E-state index contributed by atoms with van der Waals surface area (Å²) in [6, 6.07) is 6.07. The first-order chi connectivity index (χ1) is 9.82. The Bertz CT molecular complexity index is 589. The number of carbonyl (C=O) groups excluding carboxylic acids is 1. The van der Waals surface area contributed by atoms with E-state index >= 15 is 0 Å². The van der Waals surface area contributed by atoms with Crippen LogP contribution in [0.4, 0.5) is 5.69 Å². The largest absolute Gasteiger partial charge is 0.386 e. The third-order valence-electron chi connectivity index (χ3n) is 3.82. The van der Waals surface area contributed by atoms with Crippen LogP contribution in [0.15, 0.2) is 30.3 Å². The highest BCUT2D eigenvalue weighted by molar-refractivity contribution is 5.92. The van der Waals surface area contributed by atoms with Gasteiger partial charge in [-0.05, 0) is 17.6 Å². The molecule has 0 bridgehead atoms. The Labute approximate surface area is 122 Å². The molecule has 21 heavy (non-hydrogen) atoms. The molecule has 1 heterocycles. The number of benzene rings is 1. The van der Waals surface area contributed by atoms with Gasteiger partial charge in [-0.1, -0.05) is 26.0 Å². The number of amides is 1. The van der Waals surface area contributed by atoms with Crippen LogP contribution in [-0.4, -0.2) is 39.5 Å². The molecule has 2 rings (SSSR count). The zero-order chi connectivity index (χ0) is 15.6. The van der Waals surface area contributed by atoms with Crippen molar-refractivity contribution in [2.45, 2.75) is 19.4 Å². The molecule has 1 aromatic rings. The number of likely N-dealkylation sites (tertiary alicyclic amines) is 1. The standard InChI is InChI=1S/C15H18N2O4/c1-11(2)15(19)9-16(10-15)14(18)7-6-12-4-3-5-13(8-12)17(20)21/h3-8,11,19H,9-10H2,1-2H3. The van der Waals surface area contributed by atoms with Crippen molar-refractivity contribution in [3.63, 3.8) is 0 Å². The molecule has 0 aromatic heterocycles. The van der Waals surface area contributed by atoms with E-state index < -0.39 is 10.5 Å². The first-order valence-corrected chi connectivity index (χ1v) is 6.76. The quantitative estimate of drug-likeness (QED) is 0.521. The molecule has 6 nitrogen and oxygen atoms in total. The molecule has 0 spiro atoms. The van der Waals surface area contributed by atoms with Gasteiger partial charge in [-0.25, -0.2) is 0 Å². The Balaban J connectivity index is 1.98. The van der Waals surface area contributed by atoms with Crippen LogP contribution in [0.25, 0.3) is 6.08 Å². The van der Waals surface area contributed by atoms with Crippen LogP contribution in [0.3, 0.4) is 0 Å². The predicted octanol–water partition coefficient (Wildman–Crippen LogP) is 1.84. The molecule has 0 saturated carbocycles. The maximum Gasteiger partial charge on any atom is 0.270 e. The molecule has 0 aliphatic carbocycles. The topological polar surface area (TPSA) is 83.7 Å². The lowest BCUT2D eigenvalue weighted by Gasteiger charge is -2.48. The van der Waals surface area contributed by atoms with Crippen molar-refractivity contribution >= 4 is 17.7 Å². The van der Waals surface area contributed by atoms with Gasteiger partial charge in [0.15, 0.2) is 0 Å². The highest BCUT2D eigenvalue weighted by atomic mass is 16.6. The minimum Gasteiger partial charge on any atom is -0.386 e. The van der Waals surface area contributed by atoms with Gasteiger partial charge in [0.05, 0.1) is 18.0 Å². The van der Waals surface area contributed by atoms with E-state index in [-0.39, 0.29) is 17.5 Å². The zero-order valence-corrected chi connectivity index (χ0v) is 12.0. The Kier molecular flexibility index (Phi) is 4.09. The smallest absolute Gasteiger partial charge is 0.270 e. The summed E-state index contributed by atoms with van der Waals surface area (Å²) in [7, 11) is 0. The third kappa shape index (κ3) is 3.28. The molecule has 1 amide bonds. The van der Waals surface area contributed by atoms with E-state index in [4.69, 9.17) is 0 Å². The molecule has 1 N–H and O–H groups in total. The van der Waals surface area contributed by atoms with Gasteiger partial charge in [0.1, 0.15) is 5.60 Å². The number of nitro benzene ring substituents is 1. The molecule has 0 radical (unpaired) electrons. The van der Waals surface area contributed by atoms with Crippen LogP contribution in [0.1, 0.15) is 19.4 Å². The van der Waals surface area contributed by atoms with Crippen LogP contribution in [0.5, 0.6) is 0 Å². The number of non-ortho nitro benzene ring substituents is 1. The summed E-state index contributed by atoms with van der Waals surface area (Å²) in [6.45, 7) is 4.48. The van der Waals surface area contributed by atoms with Gasteiger partial charge in [-0.15, -0.1) is 0 Å². The van der Waals surface area contributed by atoms with Crippen molar-refractivity contribution in [1.29, 1.82) is 0 Å². The van der Waals surface area contributed by atoms with Gasteiger partial charge in [-0.3, -0.25) is 14.9 Å². The van der Waals surface area contributed by atoms with Gasteiger partial charge >= 0.3 is 0 Å². The van der Waals surface area contributed by atoms with E-state index in [9.17, 15) is 20.0 Å². The number of carbonyl (C=O) groups is 1. The fourth-order valence-electron chi connectivity index (χ4n) is 2.15. The molecule has 112 valence electrons. The number of β-amino-alcohol motifs (C(OH)–C–C–N with tert-alkyl or cyclic N) is 1. The molecule has 1 fully saturated rings. The lowest BCUT2D eigenvalue weighted by molar-refractivity contribution is -0.384. The summed E-state index contributed by atoms with van der Waals surface area (Å²) in [6.07, 6.45) is 2.92. The number of hydrogen-bond donors (Lipinski definition) is 1. The number of hydrogen-bond acceptors (Lipinski definition) is 4. The molecule has 0 unspecified atom stereocenters. The molecule has 1 aliphatic heterocycles. The fraction of sp³-hybridized carbons (Fsp3) is 0.400. The van der Waals surface area contributed by atoms with Crippen LogP contribution in [-0.2, 0) is 4.79 Å². The highest BCUT2D eigenvalue weighted by Crippen LogP contribution is 2.28. The van der Waals surface area contributed by atoms with E-state index in [1.807, 2.05) is 13.8 Å². The Hall–Kier alpha value is -2.21. The molecule has 0 atom stereocenters. The minimum atomic E-state index is -0.797. The molecule has 6 heteroatoms. The Morgan fingerprint density at radius 2 is 2.14 bits per heavy atom. The van der Waals surface area contributed by atoms with Crippen molar-refractivity contribution in [2.75, 3.05) is 13.1 Å².